The fourth-order valence-electron chi connectivity index (χ4n) is 2.67. The van der Waals surface area contributed by atoms with Gasteiger partial charge in [-0.1, -0.05) is 24.3 Å². The Bertz CT molecular complexity index is 1080. The number of hydrogen-bond acceptors (Lipinski definition) is 6. The maximum atomic E-state index is 12.4. The summed E-state index contributed by atoms with van der Waals surface area (Å²) in [4.78, 5) is 40.5. The number of aromatic nitrogens is 1. The summed E-state index contributed by atoms with van der Waals surface area (Å²) in [5.41, 5.74) is 2.83. The number of urea groups is 1. The molecule has 0 saturated heterocycles. The van der Waals surface area contributed by atoms with Gasteiger partial charge in [0.2, 0.25) is 5.91 Å². The van der Waals surface area contributed by atoms with E-state index in [1.165, 1.54) is 18.4 Å². The van der Waals surface area contributed by atoms with Crippen LogP contribution in [0.4, 0.5) is 21.3 Å². The number of carbonyl (C=O) groups is 3. The predicted octanol–water partition coefficient (Wildman–Crippen LogP) is 4.06. The molecule has 0 radical (unpaired) electrons. The molecule has 3 amide bonds. The van der Waals surface area contributed by atoms with Crippen molar-refractivity contribution in [3.05, 3.63) is 70.7 Å². The van der Waals surface area contributed by atoms with E-state index in [9.17, 15) is 14.4 Å². The van der Waals surface area contributed by atoms with Crippen LogP contribution in [0.1, 0.15) is 21.6 Å². The third-order valence-corrected chi connectivity index (χ3v) is 4.80. The molecule has 0 saturated carbocycles. The summed E-state index contributed by atoms with van der Waals surface area (Å²) in [7, 11) is 1.28. The van der Waals surface area contributed by atoms with Gasteiger partial charge in [-0.15, -0.1) is 11.3 Å². The first-order chi connectivity index (χ1) is 14.4. The molecule has 1 aromatic heterocycles. The van der Waals surface area contributed by atoms with E-state index in [1.807, 2.05) is 25.1 Å². The van der Waals surface area contributed by atoms with Crippen LogP contribution in [-0.2, 0) is 16.0 Å². The molecule has 8 nitrogen and oxygen atoms in total. The summed E-state index contributed by atoms with van der Waals surface area (Å²) < 4.78 is 4.72. The van der Waals surface area contributed by atoms with E-state index in [4.69, 9.17) is 4.74 Å². The molecule has 0 aliphatic heterocycles. The second-order valence-electron chi connectivity index (χ2n) is 6.35. The molecule has 30 heavy (non-hydrogen) atoms. The molecule has 0 bridgehead atoms. The molecule has 0 spiro atoms. The number of hydrogen-bond donors (Lipinski definition) is 3. The van der Waals surface area contributed by atoms with E-state index in [2.05, 4.69) is 20.9 Å². The maximum absolute atomic E-state index is 12.4. The molecule has 3 N–H and O–H groups in total. The zero-order chi connectivity index (χ0) is 21.5. The molecule has 0 unspecified atom stereocenters. The van der Waals surface area contributed by atoms with Gasteiger partial charge in [0.1, 0.15) is 0 Å². The number of nitrogens with zero attached hydrogens (tertiary/aromatic N) is 1. The molecule has 0 fully saturated rings. The van der Waals surface area contributed by atoms with Crippen molar-refractivity contribution in [1.29, 1.82) is 0 Å². The van der Waals surface area contributed by atoms with Crippen LogP contribution >= 0.6 is 11.3 Å². The first-order valence-electron chi connectivity index (χ1n) is 9.01. The maximum Gasteiger partial charge on any atom is 0.339 e. The van der Waals surface area contributed by atoms with Crippen molar-refractivity contribution in [3.63, 3.8) is 0 Å². The smallest absolute Gasteiger partial charge is 0.339 e. The molecule has 0 atom stereocenters. The van der Waals surface area contributed by atoms with Gasteiger partial charge in [-0.2, -0.15) is 0 Å². The minimum atomic E-state index is -0.536. The van der Waals surface area contributed by atoms with Crippen molar-refractivity contribution in [2.24, 2.45) is 0 Å². The molecule has 3 rings (SSSR count). The molecule has 2 aromatic carbocycles. The lowest BCUT2D eigenvalue weighted by atomic mass is 10.1. The lowest BCUT2D eigenvalue weighted by Crippen LogP contribution is -2.19. The monoisotopic (exact) mass is 424 g/mol. The number of rotatable bonds is 6. The molecule has 0 aliphatic rings. The summed E-state index contributed by atoms with van der Waals surface area (Å²) in [5.74, 6) is -0.877. The number of aryl methyl sites for hydroxylation is 1. The van der Waals surface area contributed by atoms with Crippen LogP contribution < -0.4 is 16.0 Å². The number of methoxy groups -OCH3 is 1. The fourth-order valence-corrected chi connectivity index (χ4v) is 3.37. The summed E-state index contributed by atoms with van der Waals surface area (Å²) in [6, 6.07) is 13.6. The standard InChI is InChI=1S/C21H20N4O4S/c1-13-6-5-7-14(10-13)22-20(28)25-21-23-15(12-30-21)11-18(26)24-17-9-4-3-8-16(17)19(27)29-2/h3-10,12H,11H2,1-2H3,(H,24,26)(H2,22,23,25,28). The average molecular weight is 424 g/mol. The number of amides is 3. The second-order valence-corrected chi connectivity index (χ2v) is 7.21. The van der Waals surface area contributed by atoms with Gasteiger partial charge in [-0.3, -0.25) is 10.1 Å². The van der Waals surface area contributed by atoms with Crippen molar-refractivity contribution in [2.75, 3.05) is 23.1 Å². The number of benzene rings is 2. The Morgan fingerprint density at radius 2 is 1.83 bits per heavy atom. The number of thiazole rings is 1. The van der Waals surface area contributed by atoms with Crippen molar-refractivity contribution in [2.45, 2.75) is 13.3 Å². The summed E-state index contributed by atoms with van der Waals surface area (Å²) in [5, 5.41) is 10.1. The van der Waals surface area contributed by atoms with Gasteiger partial charge in [-0.05, 0) is 36.8 Å². The molecule has 154 valence electrons. The van der Waals surface area contributed by atoms with Gasteiger partial charge < -0.3 is 15.4 Å². The Labute approximate surface area is 177 Å². The largest absolute Gasteiger partial charge is 0.465 e. The highest BCUT2D eigenvalue weighted by atomic mass is 32.1. The molecular formula is C21H20N4O4S. The van der Waals surface area contributed by atoms with E-state index < -0.39 is 12.0 Å². The SMILES string of the molecule is COC(=O)c1ccccc1NC(=O)Cc1csc(NC(=O)Nc2cccc(C)c2)n1. The number of ether oxygens (including phenoxy) is 1. The third-order valence-electron chi connectivity index (χ3n) is 4.00. The van der Waals surface area contributed by atoms with E-state index in [1.54, 1.807) is 35.7 Å². The first-order valence-corrected chi connectivity index (χ1v) is 9.89. The Balaban J connectivity index is 1.57. The number of carbonyl (C=O) groups excluding carboxylic acids is 3. The van der Waals surface area contributed by atoms with Crippen molar-refractivity contribution in [3.8, 4) is 0 Å². The lowest BCUT2D eigenvalue weighted by molar-refractivity contribution is -0.115. The van der Waals surface area contributed by atoms with Crippen molar-refractivity contribution >= 4 is 45.8 Å². The van der Waals surface area contributed by atoms with Gasteiger partial charge in [0.25, 0.3) is 0 Å². The predicted molar refractivity (Wildman–Crippen MR) is 116 cm³/mol. The van der Waals surface area contributed by atoms with E-state index in [0.717, 1.165) is 5.56 Å². The van der Waals surface area contributed by atoms with Gasteiger partial charge in [-0.25, -0.2) is 14.6 Å². The van der Waals surface area contributed by atoms with Crippen molar-refractivity contribution in [1.82, 2.24) is 4.98 Å². The quantitative estimate of drug-likeness (QED) is 0.517. The molecule has 3 aromatic rings. The highest BCUT2D eigenvalue weighted by Gasteiger charge is 2.15. The van der Waals surface area contributed by atoms with E-state index in [-0.39, 0.29) is 17.9 Å². The fraction of sp³-hybridized carbons (Fsp3) is 0.143. The molecule has 0 aliphatic carbocycles. The van der Waals surface area contributed by atoms with E-state index >= 15 is 0 Å². The second kappa shape index (κ2) is 9.66. The molecular weight excluding hydrogens is 404 g/mol. The van der Waals surface area contributed by atoms with Crippen LogP contribution in [-0.4, -0.2) is 30.0 Å². The average Bonchev–Trinajstić information content (AvgIpc) is 3.14. The Morgan fingerprint density at radius 1 is 1.03 bits per heavy atom. The molecule has 9 heteroatoms. The number of anilines is 3. The van der Waals surface area contributed by atoms with Crippen LogP contribution in [0, 0.1) is 6.92 Å². The third kappa shape index (κ3) is 5.65. The summed E-state index contributed by atoms with van der Waals surface area (Å²) in [6.07, 6.45) is -0.00676. The van der Waals surface area contributed by atoms with Crippen molar-refractivity contribution < 1.29 is 19.1 Å². The zero-order valence-electron chi connectivity index (χ0n) is 16.4. The number of para-hydroxylation sites is 1. The van der Waals surface area contributed by atoms with Gasteiger partial charge in [0.15, 0.2) is 5.13 Å². The minimum absolute atomic E-state index is 0.00676. The highest BCUT2D eigenvalue weighted by Crippen LogP contribution is 2.19. The van der Waals surface area contributed by atoms with E-state index in [0.29, 0.717) is 22.2 Å². The van der Waals surface area contributed by atoms with Gasteiger partial charge >= 0.3 is 12.0 Å². The van der Waals surface area contributed by atoms with Crippen LogP contribution in [0.3, 0.4) is 0 Å². The molecule has 1 heterocycles. The van der Waals surface area contributed by atoms with Gasteiger partial charge in [0, 0.05) is 11.1 Å². The summed E-state index contributed by atoms with van der Waals surface area (Å²) >= 11 is 1.21. The topological polar surface area (TPSA) is 109 Å². The van der Waals surface area contributed by atoms with Crippen LogP contribution in [0.15, 0.2) is 53.9 Å². The Hall–Kier alpha value is -3.72. The number of esters is 1. The highest BCUT2D eigenvalue weighted by molar-refractivity contribution is 7.14. The first kappa shape index (κ1) is 21.0. The van der Waals surface area contributed by atoms with Gasteiger partial charge in [0.05, 0.1) is 30.5 Å². The Morgan fingerprint density at radius 3 is 2.60 bits per heavy atom. The number of nitrogens with one attached hydrogen (secondary N) is 3. The summed E-state index contributed by atoms with van der Waals surface area (Å²) in [6.45, 7) is 1.94. The van der Waals surface area contributed by atoms with Crippen LogP contribution in [0.5, 0.6) is 0 Å². The van der Waals surface area contributed by atoms with Crippen LogP contribution in [0.2, 0.25) is 0 Å². The van der Waals surface area contributed by atoms with Crippen LogP contribution in [0.25, 0.3) is 0 Å². The normalized spacial score (nSPS) is 10.2. The Kier molecular flexibility index (Phi) is 6.76. The zero-order valence-corrected chi connectivity index (χ0v) is 17.2. The minimum Gasteiger partial charge on any atom is -0.465 e. The lowest BCUT2D eigenvalue weighted by Gasteiger charge is -2.09.